The van der Waals surface area contributed by atoms with Crippen LogP contribution in [0.1, 0.15) is 30.1 Å². The lowest BCUT2D eigenvalue weighted by Crippen LogP contribution is -2.31. The van der Waals surface area contributed by atoms with Crippen LogP contribution in [0, 0.1) is 0 Å². The molecule has 0 bridgehead atoms. The number of hydrogen-bond acceptors (Lipinski definition) is 4. The van der Waals surface area contributed by atoms with E-state index >= 15 is 0 Å². The van der Waals surface area contributed by atoms with Gasteiger partial charge in [0.1, 0.15) is 0 Å². The summed E-state index contributed by atoms with van der Waals surface area (Å²) in [5.74, 6) is -0.215. The summed E-state index contributed by atoms with van der Waals surface area (Å²) >= 11 is 0. The monoisotopic (exact) mass is 276 g/mol. The third-order valence-corrected chi connectivity index (χ3v) is 3.03. The third-order valence-electron chi connectivity index (χ3n) is 3.03. The maximum absolute atomic E-state index is 11.7. The molecular formula is C14H20N4O2. The van der Waals surface area contributed by atoms with Crippen molar-refractivity contribution in [2.24, 2.45) is 0 Å². The fourth-order valence-electron chi connectivity index (χ4n) is 1.80. The zero-order valence-corrected chi connectivity index (χ0v) is 11.5. The fourth-order valence-corrected chi connectivity index (χ4v) is 1.80. The normalized spacial score (nSPS) is 13.7. The van der Waals surface area contributed by atoms with Crippen molar-refractivity contribution in [3.05, 3.63) is 23.8 Å². The largest absolute Gasteiger partial charge is 0.397 e. The quantitative estimate of drug-likeness (QED) is 0.575. The molecular weight excluding hydrogens is 256 g/mol. The summed E-state index contributed by atoms with van der Waals surface area (Å²) in [6.45, 7) is 2.58. The highest BCUT2D eigenvalue weighted by Gasteiger charge is 2.22. The van der Waals surface area contributed by atoms with Crippen LogP contribution in [0.25, 0.3) is 0 Å². The van der Waals surface area contributed by atoms with Gasteiger partial charge in [0.05, 0.1) is 17.9 Å². The second-order valence-electron chi connectivity index (χ2n) is 4.86. The molecule has 0 atom stereocenters. The molecule has 2 rings (SSSR count). The van der Waals surface area contributed by atoms with Gasteiger partial charge in [-0.05, 0) is 38.0 Å². The van der Waals surface area contributed by atoms with E-state index in [9.17, 15) is 9.59 Å². The van der Waals surface area contributed by atoms with Crippen LogP contribution in [0.2, 0.25) is 0 Å². The van der Waals surface area contributed by atoms with Crippen LogP contribution in [0.5, 0.6) is 0 Å². The van der Waals surface area contributed by atoms with E-state index in [0.717, 1.165) is 12.8 Å². The van der Waals surface area contributed by atoms with Gasteiger partial charge in [-0.25, -0.2) is 0 Å². The highest BCUT2D eigenvalue weighted by atomic mass is 16.2. The van der Waals surface area contributed by atoms with Crippen molar-refractivity contribution in [2.75, 3.05) is 24.1 Å². The van der Waals surface area contributed by atoms with Gasteiger partial charge in [0.15, 0.2) is 0 Å². The van der Waals surface area contributed by atoms with E-state index in [4.69, 9.17) is 5.73 Å². The van der Waals surface area contributed by atoms with Crippen molar-refractivity contribution < 1.29 is 9.59 Å². The molecule has 2 amide bonds. The molecule has 0 spiro atoms. The van der Waals surface area contributed by atoms with E-state index in [2.05, 4.69) is 16.0 Å². The minimum Gasteiger partial charge on any atom is -0.397 e. The van der Waals surface area contributed by atoms with E-state index in [1.807, 2.05) is 6.92 Å². The summed E-state index contributed by atoms with van der Waals surface area (Å²) in [6, 6.07) is 5.31. The van der Waals surface area contributed by atoms with Crippen LogP contribution < -0.4 is 21.7 Å². The Labute approximate surface area is 118 Å². The van der Waals surface area contributed by atoms with Crippen LogP contribution in [-0.2, 0) is 4.79 Å². The summed E-state index contributed by atoms with van der Waals surface area (Å²) in [5, 5.41) is 8.57. The SMILES string of the molecule is CCNC(=O)c1ccc(N)c(NCC(=O)NC2CC2)c1. The molecule has 5 N–H and O–H groups in total. The van der Waals surface area contributed by atoms with Crippen LogP contribution in [0.15, 0.2) is 18.2 Å². The van der Waals surface area contributed by atoms with E-state index in [-0.39, 0.29) is 18.4 Å². The molecule has 0 radical (unpaired) electrons. The van der Waals surface area contributed by atoms with Gasteiger partial charge in [0.2, 0.25) is 5.91 Å². The van der Waals surface area contributed by atoms with Crippen LogP contribution in [-0.4, -0.2) is 30.9 Å². The minimum atomic E-state index is -0.155. The van der Waals surface area contributed by atoms with Gasteiger partial charge in [0.25, 0.3) is 5.91 Å². The van der Waals surface area contributed by atoms with Gasteiger partial charge in [0, 0.05) is 18.2 Å². The number of nitrogens with two attached hydrogens (primary N) is 1. The van der Waals surface area contributed by atoms with Gasteiger partial charge in [-0.3, -0.25) is 9.59 Å². The van der Waals surface area contributed by atoms with Gasteiger partial charge < -0.3 is 21.7 Å². The first kappa shape index (κ1) is 14.2. The van der Waals surface area contributed by atoms with E-state index in [1.165, 1.54) is 0 Å². The average Bonchev–Trinajstić information content (AvgIpc) is 3.22. The summed E-state index contributed by atoms with van der Waals surface area (Å²) in [5.41, 5.74) is 7.47. The van der Waals surface area contributed by atoms with Gasteiger partial charge in [-0.1, -0.05) is 0 Å². The Kier molecular flexibility index (Phi) is 4.45. The molecule has 1 fully saturated rings. The number of benzene rings is 1. The summed E-state index contributed by atoms with van der Waals surface area (Å²) in [7, 11) is 0. The molecule has 1 aromatic carbocycles. The molecule has 0 unspecified atom stereocenters. The molecule has 0 aliphatic heterocycles. The maximum Gasteiger partial charge on any atom is 0.251 e. The van der Waals surface area contributed by atoms with Crippen molar-refractivity contribution in [3.8, 4) is 0 Å². The highest BCUT2D eigenvalue weighted by Crippen LogP contribution is 2.20. The topological polar surface area (TPSA) is 96.2 Å². The lowest BCUT2D eigenvalue weighted by Gasteiger charge is -2.11. The number of rotatable bonds is 6. The lowest BCUT2D eigenvalue weighted by atomic mass is 10.1. The Bertz CT molecular complexity index is 512. The van der Waals surface area contributed by atoms with Crippen LogP contribution in [0.3, 0.4) is 0 Å². The molecule has 1 saturated carbocycles. The molecule has 1 aliphatic rings. The Hall–Kier alpha value is -2.24. The van der Waals surface area contributed by atoms with Crippen molar-refractivity contribution in [2.45, 2.75) is 25.8 Å². The van der Waals surface area contributed by atoms with Gasteiger partial charge in [-0.15, -0.1) is 0 Å². The molecule has 6 heteroatoms. The third kappa shape index (κ3) is 3.88. The Morgan fingerprint density at radius 1 is 1.35 bits per heavy atom. The number of nitrogens with one attached hydrogen (secondary N) is 3. The standard InChI is InChI=1S/C14H20N4O2/c1-2-16-14(20)9-3-6-11(15)12(7-9)17-8-13(19)18-10-4-5-10/h3,6-7,10,17H,2,4-5,8,15H2,1H3,(H,16,20)(H,18,19). The number of anilines is 2. The molecule has 20 heavy (non-hydrogen) atoms. The summed E-state index contributed by atoms with van der Waals surface area (Å²) in [4.78, 5) is 23.3. The van der Waals surface area contributed by atoms with Gasteiger partial charge in [-0.2, -0.15) is 0 Å². The molecule has 1 aromatic rings. The Morgan fingerprint density at radius 2 is 2.10 bits per heavy atom. The number of carbonyl (C=O) groups is 2. The minimum absolute atomic E-state index is 0.0599. The number of nitrogen functional groups attached to an aromatic ring is 1. The average molecular weight is 276 g/mol. The van der Waals surface area contributed by atoms with Crippen LogP contribution >= 0.6 is 0 Å². The van der Waals surface area contributed by atoms with Crippen molar-refractivity contribution in [3.63, 3.8) is 0 Å². The van der Waals surface area contributed by atoms with E-state index in [0.29, 0.717) is 29.5 Å². The second kappa shape index (κ2) is 6.27. The molecule has 6 nitrogen and oxygen atoms in total. The van der Waals surface area contributed by atoms with Gasteiger partial charge >= 0.3 is 0 Å². The number of hydrogen-bond donors (Lipinski definition) is 4. The van der Waals surface area contributed by atoms with Crippen molar-refractivity contribution >= 4 is 23.2 Å². The lowest BCUT2D eigenvalue weighted by molar-refractivity contribution is -0.119. The van der Waals surface area contributed by atoms with Crippen molar-refractivity contribution in [1.29, 1.82) is 0 Å². The zero-order valence-electron chi connectivity index (χ0n) is 11.5. The number of amides is 2. The molecule has 0 heterocycles. The summed E-state index contributed by atoms with van der Waals surface area (Å²) < 4.78 is 0. The zero-order chi connectivity index (χ0) is 14.5. The van der Waals surface area contributed by atoms with Crippen LogP contribution in [0.4, 0.5) is 11.4 Å². The number of carbonyl (C=O) groups excluding carboxylic acids is 2. The maximum atomic E-state index is 11.7. The van der Waals surface area contributed by atoms with Crippen molar-refractivity contribution in [1.82, 2.24) is 10.6 Å². The molecule has 0 aromatic heterocycles. The predicted octanol–water partition coefficient (Wildman–Crippen LogP) is 0.709. The first-order valence-corrected chi connectivity index (χ1v) is 6.81. The predicted molar refractivity (Wildman–Crippen MR) is 78.5 cm³/mol. The Balaban J connectivity index is 1.96. The summed E-state index contributed by atoms with van der Waals surface area (Å²) in [6.07, 6.45) is 2.11. The fraction of sp³-hybridized carbons (Fsp3) is 0.429. The smallest absolute Gasteiger partial charge is 0.251 e. The Morgan fingerprint density at radius 3 is 2.75 bits per heavy atom. The van der Waals surface area contributed by atoms with E-state index in [1.54, 1.807) is 18.2 Å². The first-order valence-electron chi connectivity index (χ1n) is 6.81. The molecule has 108 valence electrons. The molecule has 1 aliphatic carbocycles. The molecule has 0 saturated heterocycles. The highest BCUT2D eigenvalue weighted by molar-refractivity contribution is 5.96. The first-order chi connectivity index (χ1) is 9.60. The van der Waals surface area contributed by atoms with E-state index < -0.39 is 0 Å². The second-order valence-corrected chi connectivity index (χ2v) is 4.86.